The van der Waals surface area contributed by atoms with E-state index in [4.69, 9.17) is 14.2 Å². The average Bonchev–Trinajstić information content (AvgIpc) is 3.31. The number of benzene rings is 1. The van der Waals surface area contributed by atoms with Crippen LogP contribution in [-0.2, 0) is 24.2 Å². The summed E-state index contributed by atoms with van der Waals surface area (Å²) in [6.07, 6.45) is 3.27. The van der Waals surface area contributed by atoms with Crippen molar-refractivity contribution in [2.45, 2.75) is 50.7 Å². The summed E-state index contributed by atoms with van der Waals surface area (Å²) in [6.45, 7) is 0.504. The first-order chi connectivity index (χ1) is 14.1. The number of nitrogens with zero attached hydrogens (tertiary/aromatic N) is 4. The van der Waals surface area contributed by atoms with Gasteiger partial charge in [-0.1, -0.05) is 12.1 Å². The molecular formula is C21H22N4O4. The van der Waals surface area contributed by atoms with Gasteiger partial charge in [0.2, 0.25) is 5.91 Å². The fourth-order valence-corrected chi connectivity index (χ4v) is 4.59. The van der Waals surface area contributed by atoms with E-state index >= 15 is 0 Å². The van der Waals surface area contributed by atoms with E-state index in [1.165, 1.54) is 7.11 Å². The molecule has 0 saturated carbocycles. The molecule has 1 amide bonds. The molecule has 2 aromatic heterocycles. The third-order valence-electron chi connectivity index (χ3n) is 5.99. The van der Waals surface area contributed by atoms with E-state index < -0.39 is 0 Å². The summed E-state index contributed by atoms with van der Waals surface area (Å²) in [7, 11) is 1.53. The smallest absolute Gasteiger partial charge is 0.261 e. The van der Waals surface area contributed by atoms with Gasteiger partial charge < -0.3 is 14.2 Å². The van der Waals surface area contributed by atoms with E-state index in [-0.39, 0.29) is 23.6 Å². The normalized spacial score (nSPS) is 20.5. The van der Waals surface area contributed by atoms with Crippen LogP contribution in [0.5, 0.6) is 5.88 Å². The third kappa shape index (κ3) is 3.08. The second-order valence-electron chi connectivity index (χ2n) is 7.69. The molecule has 4 heterocycles. The highest BCUT2D eigenvalue weighted by atomic mass is 16.5. The summed E-state index contributed by atoms with van der Waals surface area (Å²) in [6, 6.07) is 9.25. The van der Waals surface area contributed by atoms with Crippen LogP contribution in [0.3, 0.4) is 0 Å². The summed E-state index contributed by atoms with van der Waals surface area (Å²) in [5.74, 6) is 1.90. The molecular weight excluding hydrogens is 372 g/mol. The molecule has 3 aromatic rings. The number of methoxy groups -OCH3 is 1. The van der Waals surface area contributed by atoms with E-state index in [0.29, 0.717) is 42.8 Å². The van der Waals surface area contributed by atoms with Crippen LogP contribution in [-0.4, -0.2) is 44.7 Å². The molecule has 29 heavy (non-hydrogen) atoms. The van der Waals surface area contributed by atoms with Gasteiger partial charge in [-0.05, 0) is 30.1 Å². The summed E-state index contributed by atoms with van der Waals surface area (Å²) >= 11 is 0. The SMILES string of the molecule is COc1cc(CCC(=O)N2[C@@H]3CC[C@@H]2Cn2c(nc4ccccc4c2=O)C3)on1. The van der Waals surface area contributed by atoms with Gasteiger partial charge in [-0.3, -0.25) is 14.2 Å². The standard InChI is InChI=1S/C21H22N4O4/c1-28-19-11-15(29-23-19)8-9-20(26)25-13-6-7-14(25)12-24-18(10-13)22-17-5-3-2-4-16(17)21(24)27/h2-5,11,13-14H,6-10,12H2,1H3/t13-,14-/m1/s1. The minimum atomic E-state index is -0.0145. The van der Waals surface area contributed by atoms with E-state index in [1.54, 1.807) is 10.6 Å². The minimum Gasteiger partial charge on any atom is -0.479 e. The number of para-hydroxylation sites is 1. The van der Waals surface area contributed by atoms with Crippen LogP contribution in [0.25, 0.3) is 10.9 Å². The Morgan fingerprint density at radius 1 is 1.28 bits per heavy atom. The molecule has 0 N–H and O–H groups in total. The molecule has 0 radical (unpaired) electrons. The Bertz CT molecular complexity index is 1140. The molecule has 2 aliphatic rings. The van der Waals surface area contributed by atoms with Crippen molar-refractivity contribution in [1.82, 2.24) is 19.6 Å². The Hall–Kier alpha value is -3.16. The predicted octanol–water partition coefficient (Wildman–Crippen LogP) is 1.94. The van der Waals surface area contributed by atoms with E-state index in [1.807, 2.05) is 29.2 Å². The van der Waals surface area contributed by atoms with Gasteiger partial charge in [0, 0.05) is 37.9 Å². The van der Waals surface area contributed by atoms with Crippen molar-refractivity contribution in [1.29, 1.82) is 0 Å². The molecule has 0 unspecified atom stereocenters. The summed E-state index contributed by atoms with van der Waals surface area (Å²) < 4.78 is 12.0. The lowest BCUT2D eigenvalue weighted by atomic mass is 10.1. The Kier molecular flexibility index (Phi) is 4.34. The van der Waals surface area contributed by atoms with Crippen molar-refractivity contribution >= 4 is 16.8 Å². The van der Waals surface area contributed by atoms with E-state index in [2.05, 4.69) is 5.16 Å². The zero-order chi connectivity index (χ0) is 20.0. The molecule has 0 spiro atoms. The second kappa shape index (κ2) is 7.02. The maximum atomic E-state index is 13.1. The van der Waals surface area contributed by atoms with Crippen molar-refractivity contribution in [3.05, 3.63) is 52.3 Å². The third-order valence-corrected chi connectivity index (χ3v) is 5.99. The van der Waals surface area contributed by atoms with Gasteiger partial charge in [0.05, 0.1) is 24.1 Å². The molecule has 8 heteroatoms. The zero-order valence-corrected chi connectivity index (χ0v) is 16.2. The summed E-state index contributed by atoms with van der Waals surface area (Å²) in [4.78, 5) is 32.8. The van der Waals surface area contributed by atoms with Crippen LogP contribution in [0.2, 0.25) is 0 Å². The van der Waals surface area contributed by atoms with Crippen molar-refractivity contribution in [2.24, 2.45) is 0 Å². The quantitative estimate of drug-likeness (QED) is 0.672. The van der Waals surface area contributed by atoms with Gasteiger partial charge in [-0.2, -0.15) is 0 Å². The van der Waals surface area contributed by atoms with E-state index in [9.17, 15) is 9.59 Å². The largest absolute Gasteiger partial charge is 0.479 e. The Morgan fingerprint density at radius 3 is 2.93 bits per heavy atom. The number of carbonyl (C=O) groups is 1. The molecule has 0 aliphatic carbocycles. The lowest BCUT2D eigenvalue weighted by Gasteiger charge is -2.27. The molecule has 1 aromatic carbocycles. The molecule has 5 rings (SSSR count). The van der Waals surface area contributed by atoms with Gasteiger partial charge in [0.25, 0.3) is 11.4 Å². The second-order valence-corrected chi connectivity index (χ2v) is 7.69. The van der Waals surface area contributed by atoms with Gasteiger partial charge in [-0.15, -0.1) is 0 Å². The van der Waals surface area contributed by atoms with Crippen LogP contribution >= 0.6 is 0 Å². The first kappa shape index (κ1) is 17.9. The Labute approximate surface area is 167 Å². The first-order valence-electron chi connectivity index (χ1n) is 9.93. The summed E-state index contributed by atoms with van der Waals surface area (Å²) in [5, 5.41) is 4.41. The lowest BCUT2D eigenvalue weighted by molar-refractivity contribution is -0.134. The number of hydrogen-bond donors (Lipinski definition) is 0. The number of fused-ring (bicyclic) bond motifs is 4. The predicted molar refractivity (Wildman–Crippen MR) is 105 cm³/mol. The van der Waals surface area contributed by atoms with Gasteiger partial charge in [-0.25, -0.2) is 4.98 Å². The molecule has 1 fully saturated rings. The maximum Gasteiger partial charge on any atom is 0.261 e. The van der Waals surface area contributed by atoms with Crippen molar-refractivity contribution in [3.8, 4) is 5.88 Å². The van der Waals surface area contributed by atoms with Crippen molar-refractivity contribution < 1.29 is 14.1 Å². The zero-order valence-electron chi connectivity index (χ0n) is 16.2. The van der Waals surface area contributed by atoms with Crippen LogP contribution in [0, 0.1) is 0 Å². The highest BCUT2D eigenvalue weighted by Crippen LogP contribution is 2.31. The molecule has 1 saturated heterocycles. The molecule has 150 valence electrons. The van der Waals surface area contributed by atoms with Gasteiger partial charge >= 0.3 is 0 Å². The topological polar surface area (TPSA) is 90.5 Å². The highest BCUT2D eigenvalue weighted by Gasteiger charge is 2.40. The molecule has 2 aliphatic heterocycles. The van der Waals surface area contributed by atoms with Crippen LogP contribution in [0.1, 0.15) is 30.8 Å². The highest BCUT2D eigenvalue weighted by molar-refractivity contribution is 5.78. The number of amides is 1. The van der Waals surface area contributed by atoms with E-state index in [0.717, 1.165) is 24.2 Å². The van der Waals surface area contributed by atoms with Crippen LogP contribution < -0.4 is 10.3 Å². The molecule has 2 atom stereocenters. The first-order valence-corrected chi connectivity index (χ1v) is 9.93. The number of rotatable bonds is 4. The fourth-order valence-electron chi connectivity index (χ4n) is 4.59. The van der Waals surface area contributed by atoms with Crippen molar-refractivity contribution in [3.63, 3.8) is 0 Å². The Morgan fingerprint density at radius 2 is 2.10 bits per heavy atom. The summed E-state index contributed by atoms with van der Waals surface area (Å²) in [5.41, 5.74) is 0.706. The lowest BCUT2D eigenvalue weighted by Crippen LogP contribution is -2.42. The van der Waals surface area contributed by atoms with Gasteiger partial charge in [0.15, 0.2) is 0 Å². The van der Waals surface area contributed by atoms with Crippen LogP contribution in [0.15, 0.2) is 39.6 Å². The number of hydrogen-bond acceptors (Lipinski definition) is 6. The number of aryl methyl sites for hydroxylation is 1. The fraction of sp³-hybridized carbons (Fsp3) is 0.429. The number of ether oxygens (including phenoxy) is 1. The monoisotopic (exact) mass is 394 g/mol. The maximum absolute atomic E-state index is 13.1. The minimum absolute atomic E-state index is 0.0145. The Balaban J connectivity index is 1.39. The average molecular weight is 394 g/mol. The van der Waals surface area contributed by atoms with Crippen LogP contribution in [0.4, 0.5) is 0 Å². The van der Waals surface area contributed by atoms with Gasteiger partial charge in [0.1, 0.15) is 11.6 Å². The molecule has 2 bridgehead atoms. The molecule has 8 nitrogen and oxygen atoms in total. The van der Waals surface area contributed by atoms with Crippen molar-refractivity contribution in [2.75, 3.05) is 7.11 Å². The number of carbonyl (C=O) groups excluding carboxylic acids is 1. The number of aromatic nitrogens is 3.